The highest BCUT2D eigenvalue weighted by Crippen LogP contribution is 2.25. The van der Waals surface area contributed by atoms with Crippen LogP contribution in [0.25, 0.3) is 0 Å². The van der Waals surface area contributed by atoms with Crippen molar-refractivity contribution in [3.8, 4) is 5.75 Å². The summed E-state index contributed by atoms with van der Waals surface area (Å²) in [6, 6.07) is 4.73. The van der Waals surface area contributed by atoms with Gasteiger partial charge in [0, 0.05) is 0 Å². The van der Waals surface area contributed by atoms with Gasteiger partial charge in [0.1, 0.15) is 5.75 Å². The molecule has 0 radical (unpaired) electrons. The SMILES string of the molecule is CCOC(=O)C(=O)Nc1ccc(CO)cc1OC. The van der Waals surface area contributed by atoms with Gasteiger partial charge < -0.3 is 19.9 Å². The minimum absolute atomic E-state index is 0.132. The van der Waals surface area contributed by atoms with Crippen LogP contribution in [-0.2, 0) is 20.9 Å². The van der Waals surface area contributed by atoms with E-state index < -0.39 is 11.9 Å². The van der Waals surface area contributed by atoms with Crippen LogP contribution in [-0.4, -0.2) is 30.7 Å². The van der Waals surface area contributed by atoms with Crippen molar-refractivity contribution in [2.24, 2.45) is 0 Å². The van der Waals surface area contributed by atoms with Crippen molar-refractivity contribution in [2.45, 2.75) is 13.5 Å². The van der Waals surface area contributed by atoms with Gasteiger partial charge in [0.05, 0.1) is 26.0 Å². The number of amides is 1. The fourth-order valence-corrected chi connectivity index (χ4v) is 1.31. The van der Waals surface area contributed by atoms with Crippen molar-refractivity contribution >= 4 is 17.6 Å². The van der Waals surface area contributed by atoms with Crippen LogP contribution in [0.15, 0.2) is 18.2 Å². The predicted molar refractivity (Wildman–Crippen MR) is 64.2 cm³/mol. The standard InChI is InChI=1S/C12H15NO5/c1-3-18-12(16)11(15)13-9-5-4-8(7-14)6-10(9)17-2/h4-6,14H,3,7H2,1-2H3,(H,13,15). The number of aliphatic hydroxyl groups excluding tert-OH is 1. The van der Waals surface area contributed by atoms with Crippen LogP contribution in [0.3, 0.4) is 0 Å². The lowest BCUT2D eigenvalue weighted by molar-refractivity contribution is -0.152. The number of hydrogen-bond donors (Lipinski definition) is 2. The molecule has 2 N–H and O–H groups in total. The van der Waals surface area contributed by atoms with E-state index in [0.717, 1.165) is 0 Å². The van der Waals surface area contributed by atoms with Gasteiger partial charge in [-0.15, -0.1) is 0 Å². The third kappa shape index (κ3) is 3.46. The maximum Gasteiger partial charge on any atom is 0.397 e. The molecule has 6 heteroatoms. The number of hydrogen-bond acceptors (Lipinski definition) is 5. The zero-order valence-electron chi connectivity index (χ0n) is 10.2. The number of nitrogens with one attached hydrogen (secondary N) is 1. The molecule has 0 unspecified atom stereocenters. The Bertz CT molecular complexity index is 444. The molecular formula is C12H15NO5. The minimum atomic E-state index is -0.953. The molecule has 18 heavy (non-hydrogen) atoms. The molecular weight excluding hydrogens is 238 g/mol. The van der Waals surface area contributed by atoms with Crippen molar-refractivity contribution in [3.63, 3.8) is 0 Å². The summed E-state index contributed by atoms with van der Waals surface area (Å²) >= 11 is 0. The second-order valence-corrected chi connectivity index (χ2v) is 3.37. The minimum Gasteiger partial charge on any atom is -0.495 e. The average Bonchev–Trinajstić information content (AvgIpc) is 2.39. The topological polar surface area (TPSA) is 84.9 Å². The molecule has 1 rings (SSSR count). The molecule has 1 aromatic carbocycles. The summed E-state index contributed by atoms with van der Waals surface area (Å²) < 4.78 is 9.61. The van der Waals surface area contributed by atoms with Gasteiger partial charge in [-0.1, -0.05) is 6.07 Å². The summed E-state index contributed by atoms with van der Waals surface area (Å²) in [7, 11) is 1.43. The summed E-state index contributed by atoms with van der Waals surface area (Å²) in [5.41, 5.74) is 0.980. The number of benzene rings is 1. The molecule has 0 fully saturated rings. The van der Waals surface area contributed by atoms with Crippen LogP contribution in [0.2, 0.25) is 0 Å². The van der Waals surface area contributed by atoms with E-state index in [1.807, 2.05) is 0 Å². The molecule has 0 spiro atoms. The van der Waals surface area contributed by atoms with E-state index in [1.54, 1.807) is 25.1 Å². The van der Waals surface area contributed by atoms with E-state index in [9.17, 15) is 9.59 Å². The molecule has 6 nitrogen and oxygen atoms in total. The van der Waals surface area contributed by atoms with Crippen LogP contribution in [0.5, 0.6) is 5.75 Å². The third-order valence-corrected chi connectivity index (χ3v) is 2.16. The molecule has 0 aliphatic rings. The van der Waals surface area contributed by atoms with Gasteiger partial charge in [0.2, 0.25) is 0 Å². The van der Waals surface area contributed by atoms with Gasteiger partial charge in [-0.3, -0.25) is 4.79 Å². The number of carbonyl (C=O) groups is 2. The van der Waals surface area contributed by atoms with Gasteiger partial charge in [-0.05, 0) is 24.6 Å². The Hall–Kier alpha value is -2.08. The Morgan fingerprint density at radius 2 is 2.11 bits per heavy atom. The summed E-state index contributed by atoms with van der Waals surface area (Å²) in [5, 5.41) is 11.3. The Labute approximate surface area is 105 Å². The molecule has 0 atom stereocenters. The number of ether oxygens (including phenoxy) is 2. The second kappa shape index (κ2) is 6.61. The third-order valence-electron chi connectivity index (χ3n) is 2.16. The second-order valence-electron chi connectivity index (χ2n) is 3.37. The summed E-state index contributed by atoms with van der Waals surface area (Å²) in [6.07, 6.45) is 0. The first-order valence-electron chi connectivity index (χ1n) is 5.38. The average molecular weight is 253 g/mol. The number of aliphatic hydroxyl groups is 1. The lowest BCUT2D eigenvalue weighted by atomic mass is 10.2. The van der Waals surface area contributed by atoms with E-state index in [2.05, 4.69) is 10.1 Å². The van der Waals surface area contributed by atoms with Crippen LogP contribution < -0.4 is 10.1 Å². The smallest absolute Gasteiger partial charge is 0.397 e. The van der Waals surface area contributed by atoms with Crippen molar-refractivity contribution in [3.05, 3.63) is 23.8 Å². The van der Waals surface area contributed by atoms with Gasteiger partial charge >= 0.3 is 11.9 Å². The van der Waals surface area contributed by atoms with E-state index in [0.29, 0.717) is 17.0 Å². The number of anilines is 1. The van der Waals surface area contributed by atoms with E-state index in [1.165, 1.54) is 7.11 Å². The van der Waals surface area contributed by atoms with E-state index >= 15 is 0 Å². The molecule has 1 amide bonds. The first-order valence-corrected chi connectivity index (χ1v) is 5.38. The van der Waals surface area contributed by atoms with Crippen LogP contribution in [0.1, 0.15) is 12.5 Å². The van der Waals surface area contributed by atoms with Crippen LogP contribution in [0.4, 0.5) is 5.69 Å². The van der Waals surface area contributed by atoms with Gasteiger partial charge in [0.25, 0.3) is 0 Å². The van der Waals surface area contributed by atoms with Crippen molar-refractivity contribution in [1.82, 2.24) is 0 Å². The number of rotatable bonds is 4. The Morgan fingerprint density at radius 1 is 1.39 bits per heavy atom. The van der Waals surface area contributed by atoms with E-state index in [4.69, 9.17) is 9.84 Å². The zero-order valence-corrected chi connectivity index (χ0v) is 10.2. The maximum absolute atomic E-state index is 11.4. The molecule has 98 valence electrons. The van der Waals surface area contributed by atoms with E-state index in [-0.39, 0.29) is 13.2 Å². The highest BCUT2D eigenvalue weighted by molar-refractivity contribution is 6.37. The molecule has 0 bridgehead atoms. The van der Waals surface area contributed by atoms with Crippen molar-refractivity contribution < 1.29 is 24.2 Å². The van der Waals surface area contributed by atoms with Gasteiger partial charge in [0.15, 0.2) is 0 Å². The number of esters is 1. The fraction of sp³-hybridized carbons (Fsp3) is 0.333. The molecule has 0 saturated heterocycles. The Kier molecular flexibility index (Phi) is 5.13. The highest BCUT2D eigenvalue weighted by atomic mass is 16.5. The first kappa shape index (κ1) is 14.0. The van der Waals surface area contributed by atoms with Crippen LogP contribution >= 0.6 is 0 Å². The lowest BCUT2D eigenvalue weighted by Gasteiger charge is -2.10. The summed E-state index contributed by atoms with van der Waals surface area (Å²) in [5.74, 6) is -1.46. The molecule has 0 heterocycles. The molecule has 0 aliphatic heterocycles. The highest BCUT2D eigenvalue weighted by Gasteiger charge is 2.16. The van der Waals surface area contributed by atoms with Crippen molar-refractivity contribution in [1.29, 1.82) is 0 Å². The molecule has 0 saturated carbocycles. The normalized spacial score (nSPS) is 9.72. The predicted octanol–water partition coefficient (Wildman–Crippen LogP) is 0.689. The summed E-state index contributed by atoms with van der Waals surface area (Å²) in [6.45, 7) is 1.61. The number of methoxy groups -OCH3 is 1. The van der Waals surface area contributed by atoms with Crippen LogP contribution in [0, 0.1) is 0 Å². The quantitative estimate of drug-likeness (QED) is 0.609. The lowest BCUT2D eigenvalue weighted by Crippen LogP contribution is -2.25. The Morgan fingerprint density at radius 3 is 2.67 bits per heavy atom. The number of carbonyl (C=O) groups excluding carboxylic acids is 2. The van der Waals surface area contributed by atoms with Gasteiger partial charge in [-0.2, -0.15) is 0 Å². The summed E-state index contributed by atoms with van der Waals surface area (Å²) in [4.78, 5) is 22.6. The largest absolute Gasteiger partial charge is 0.495 e. The monoisotopic (exact) mass is 253 g/mol. The van der Waals surface area contributed by atoms with Crippen molar-refractivity contribution in [2.75, 3.05) is 19.0 Å². The Balaban J connectivity index is 2.84. The maximum atomic E-state index is 11.4. The first-order chi connectivity index (χ1) is 8.62. The fourth-order valence-electron chi connectivity index (χ4n) is 1.31. The zero-order chi connectivity index (χ0) is 13.5. The molecule has 0 aliphatic carbocycles. The van der Waals surface area contributed by atoms with Gasteiger partial charge in [-0.25, -0.2) is 4.79 Å². The molecule has 0 aromatic heterocycles. The molecule has 1 aromatic rings.